The summed E-state index contributed by atoms with van der Waals surface area (Å²) in [4.78, 5) is 51.4. The normalized spacial score (nSPS) is 21.7. The molecule has 1 aromatic carbocycles. The van der Waals surface area contributed by atoms with Crippen molar-refractivity contribution in [2.45, 2.75) is 44.3 Å². The number of rotatable bonds is 5. The van der Waals surface area contributed by atoms with Crippen molar-refractivity contribution in [3.8, 4) is 0 Å². The van der Waals surface area contributed by atoms with Gasteiger partial charge in [0, 0.05) is 60.9 Å². The lowest BCUT2D eigenvalue weighted by molar-refractivity contribution is -0.134. The molecule has 3 atom stereocenters. The molecule has 0 unspecified atom stereocenters. The predicted molar refractivity (Wildman–Crippen MR) is 144 cm³/mol. The van der Waals surface area contributed by atoms with Crippen LogP contribution in [0.25, 0.3) is 10.9 Å². The maximum atomic E-state index is 14.3. The third-order valence-electron chi connectivity index (χ3n) is 7.28. The van der Waals surface area contributed by atoms with E-state index < -0.39 is 23.8 Å². The van der Waals surface area contributed by atoms with Gasteiger partial charge >= 0.3 is 0 Å². The Bertz CT molecular complexity index is 1410. The summed E-state index contributed by atoms with van der Waals surface area (Å²) in [6, 6.07) is 3.42. The molecular weight excluding hydrogens is 531 g/mol. The standard InChI is InChI=1S/C26H30ClFN6O3S/c1-33(2)26(37)13-4-5-17(30-23(35)20-10-14-8-15(27)11-16(28)22(14)29-20)19(9-13)31-24(36)25-32-18-6-7-34(3)12-21(18)38-25/h8,10-11,13,17,19,29H,4-7,9,12H2,1-3H3,(H,30,35)(H,31,36)/t13-,17-,19+/m0/s1. The third kappa shape index (κ3) is 5.41. The summed E-state index contributed by atoms with van der Waals surface area (Å²) >= 11 is 7.34. The summed E-state index contributed by atoms with van der Waals surface area (Å²) in [6.07, 6.45) is 2.26. The number of nitrogens with one attached hydrogen (secondary N) is 3. The number of likely N-dealkylation sites (N-methyl/N-ethyl adjacent to an activating group) is 1. The lowest BCUT2D eigenvalue weighted by atomic mass is 9.81. The fraction of sp³-hybridized carbons (Fsp3) is 0.462. The highest BCUT2D eigenvalue weighted by molar-refractivity contribution is 7.13. The molecule has 3 N–H and O–H groups in total. The number of halogens is 2. The van der Waals surface area contributed by atoms with E-state index in [0.717, 1.165) is 30.1 Å². The highest BCUT2D eigenvalue weighted by Gasteiger charge is 2.37. The molecule has 1 saturated carbocycles. The van der Waals surface area contributed by atoms with Gasteiger partial charge in [-0.05, 0) is 44.5 Å². The number of H-pyrrole nitrogens is 1. The van der Waals surface area contributed by atoms with Gasteiger partial charge in [0.1, 0.15) is 11.5 Å². The lowest BCUT2D eigenvalue weighted by Gasteiger charge is -2.37. The van der Waals surface area contributed by atoms with Crippen molar-refractivity contribution in [3.63, 3.8) is 0 Å². The highest BCUT2D eigenvalue weighted by Crippen LogP contribution is 2.29. The Morgan fingerprint density at radius 2 is 1.92 bits per heavy atom. The second kappa shape index (κ2) is 10.6. The lowest BCUT2D eigenvalue weighted by Crippen LogP contribution is -2.56. The molecule has 3 aromatic rings. The van der Waals surface area contributed by atoms with Crippen molar-refractivity contribution in [1.82, 2.24) is 30.4 Å². The Kier molecular flexibility index (Phi) is 7.43. The van der Waals surface area contributed by atoms with Gasteiger partial charge in [-0.25, -0.2) is 9.37 Å². The molecule has 3 heterocycles. The Balaban J connectivity index is 1.35. The first kappa shape index (κ1) is 26.6. The molecule has 2 aliphatic rings. The monoisotopic (exact) mass is 560 g/mol. The Morgan fingerprint density at radius 1 is 1.16 bits per heavy atom. The van der Waals surface area contributed by atoms with Gasteiger partial charge in [-0.1, -0.05) is 11.6 Å². The molecule has 0 radical (unpaired) electrons. The number of hydrogen-bond donors (Lipinski definition) is 3. The predicted octanol–water partition coefficient (Wildman–Crippen LogP) is 3.19. The molecule has 0 spiro atoms. The molecular formula is C26H30ClFN6O3S. The van der Waals surface area contributed by atoms with Gasteiger partial charge in [0.25, 0.3) is 11.8 Å². The number of hydrogen-bond acceptors (Lipinski definition) is 6. The fourth-order valence-electron chi connectivity index (χ4n) is 5.28. The van der Waals surface area contributed by atoms with Crippen LogP contribution in [-0.2, 0) is 17.8 Å². The smallest absolute Gasteiger partial charge is 0.280 e. The number of aromatic nitrogens is 2. The summed E-state index contributed by atoms with van der Waals surface area (Å²) in [5, 5.41) is 7.16. The minimum atomic E-state index is -0.545. The number of thiazole rings is 1. The van der Waals surface area contributed by atoms with Crippen LogP contribution < -0.4 is 10.6 Å². The zero-order valence-electron chi connectivity index (χ0n) is 21.4. The van der Waals surface area contributed by atoms with Crippen molar-refractivity contribution in [2.75, 3.05) is 27.7 Å². The molecule has 0 bridgehead atoms. The number of carbonyl (C=O) groups excluding carboxylic acids is 3. The summed E-state index contributed by atoms with van der Waals surface area (Å²) in [5.41, 5.74) is 1.34. The van der Waals surface area contributed by atoms with Crippen LogP contribution in [0.1, 0.15) is 50.1 Å². The van der Waals surface area contributed by atoms with E-state index in [2.05, 4.69) is 25.5 Å². The number of nitrogens with zero attached hydrogens (tertiary/aromatic N) is 3. The van der Waals surface area contributed by atoms with Crippen LogP contribution in [0.3, 0.4) is 0 Å². The number of fused-ring (bicyclic) bond motifs is 2. The van der Waals surface area contributed by atoms with Crippen LogP contribution in [0.15, 0.2) is 18.2 Å². The molecule has 12 heteroatoms. The molecule has 5 rings (SSSR count). The molecule has 38 heavy (non-hydrogen) atoms. The Labute approximate surface area is 228 Å². The molecule has 2 aromatic heterocycles. The van der Waals surface area contributed by atoms with E-state index in [1.54, 1.807) is 31.1 Å². The minimum absolute atomic E-state index is 0.00949. The van der Waals surface area contributed by atoms with Gasteiger partial charge in [0.2, 0.25) is 5.91 Å². The van der Waals surface area contributed by atoms with Gasteiger partial charge in [-0.2, -0.15) is 0 Å². The molecule has 1 fully saturated rings. The quantitative estimate of drug-likeness (QED) is 0.444. The molecule has 202 valence electrons. The van der Waals surface area contributed by atoms with E-state index in [-0.39, 0.29) is 34.0 Å². The highest BCUT2D eigenvalue weighted by atomic mass is 35.5. The minimum Gasteiger partial charge on any atom is -0.349 e. The zero-order chi connectivity index (χ0) is 27.1. The average Bonchev–Trinajstić information content (AvgIpc) is 3.49. The molecule has 1 aliphatic carbocycles. The van der Waals surface area contributed by atoms with E-state index >= 15 is 0 Å². The molecule has 0 saturated heterocycles. The van der Waals surface area contributed by atoms with E-state index in [9.17, 15) is 18.8 Å². The largest absolute Gasteiger partial charge is 0.349 e. The number of aromatic amines is 1. The Hall–Kier alpha value is -3.02. The van der Waals surface area contributed by atoms with Crippen LogP contribution in [0.5, 0.6) is 0 Å². The van der Waals surface area contributed by atoms with Gasteiger partial charge in [-0.15, -0.1) is 11.3 Å². The SMILES string of the molecule is CN1CCc2nc(C(=O)N[C@@H]3C[C@@H](C(=O)N(C)C)CC[C@@H]3NC(=O)c3cc4cc(Cl)cc(F)c4[nH]3)sc2C1. The van der Waals surface area contributed by atoms with Crippen LogP contribution in [0.4, 0.5) is 4.39 Å². The number of carbonyl (C=O) groups is 3. The molecule has 3 amide bonds. The summed E-state index contributed by atoms with van der Waals surface area (Å²) in [7, 11) is 5.46. The second-order valence-electron chi connectivity index (χ2n) is 10.3. The van der Waals surface area contributed by atoms with Crippen LogP contribution in [0.2, 0.25) is 5.02 Å². The average molecular weight is 561 g/mol. The summed E-state index contributed by atoms with van der Waals surface area (Å²) in [5.74, 6) is -1.56. The van der Waals surface area contributed by atoms with Gasteiger partial charge in [-0.3, -0.25) is 14.4 Å². The van der Waals surface area contributed by atoms with Crippen LogP contribution >= 0.6 is 22.9 Å². The van der Waals surface area contributed by atoms with Crippen LogP contribution in [-0.4, -0.2) is 77.3 Å². The number of amides is 3. The van der Waals surface area contributed by atoms with E-state index in [1.165, 1.54) is 17.4 Å². The van der Waals surface area contributed by atoms with Crippen molar-refractivity contribution in [2.24, 2.45) is 5.92 Å². The second-order valence-corrected chi connectivity index (χ2v) is 11.8. The topological polar surface area (TPSA) is 110 Å². The number of benzene rings is 1. The third-order valence-corrected chi connectivity index (χ3v) is 8.58. The van der Waals surface area contributed by atoms with E-state index in [1.807, 2.05) is 7.05 Å². The maximum Gasteiger partial charge on any atom is 0.280 e. The van der Waals surface area contributed by atoms with Gasteiger partial charge in [0.15, 0.2) is 5.01 Å². The first-order valence-electron chi connectivity index (χ1n) is 12.6. The Morgan fingerprint density at radius 3 is 2.68 bits per heavy atom. The molecule has 1 aliphatic heterocycles. The first-order chi connectivity index (χ1) is 18.1. The zero-order valence-corrected chi connectivity index (χ0v) is 23.0. The van der Waals surface area contributed by atoms with Crippen molar-refractivity contribution in [1.29, 1.82) is 0 Å². The fourth-order valence-corrected chi connectivity index (χ4v) is 6.58. The van der Waals surface area contributed by atoms with Gasteiger partial charge in [0.05, 0.1) is 17.3 Å². The van der Waals surface area contributed by atoms with Crippen molar-refractivity contribution in [3.05, 3.63) is 50.3 Å². The van der Waals surface area contributed by atoms with Gasteiger partial charge < -0.3 is 25.4 Å². The van der Waals surface area contributed by atoms with E-state index in [4.69, 9.17) is 11.6 Å². The summed E-state index contributed by atoms with van der Waals surface area (Å²) < 4.78 is 14.3. The maximum absolute atomic E-state index is 14.3. The van der Waals surface area contributed by atoms with E-state index in [0.29, 0.717) is 29.7 Å². The first-order valence-corrected chi connectivity index (χ1v) is 13.8. The molecule has 9 nitrogen and oxygen atoms in total. The van der Waals surface area contributed by atoms with Crippen LogP contribution in [0, 0.1) is 11.7 Å². The summed E-state index contributed by atoms with van der Waals surface area (Å²) in [6.45, 7) is 1.66. The van der Waals surface area contributed by atoms with Crippen molar-refractivity contribution >= 4 is 51.6 Å². The van der Waals surface area contributed by atoms with Crippen molar-refractivity contribution < 1.29 is 18.8 Å².